The Morgan fingerprint density at radius 3 is 2.65 bits per heavy atom. The average molecular weight is 264 g/mol. The monoisotopic (exact) mass is 264 g/mol. The van der Waals surface area contributed by atoms with E-state index < -0.39 is 11.2 Å². The van der Waals surface area contributed by atoms with Crippen molar-refractivity contribution in [3.63, 3.8) is 0 Å². The van der Waals surface area contributed by atoms with Crippen molar-refractivity contribution >= 4 is 33.0 Å². The zero-order valence-electron chi connectivity index (χ0n) is 10.2. The molecule has 96 valence electrons. The number of pyridine rings is 2. The van der Waals surface area contributed by atoms with E-state index in [1.54, 1.807) is 6.07 Å². The van der Waals surface area contributed by atoms with Gasteiger partial charge in [-0.3, -0.25) is 14.8 Å². The van der Waals surface area contributed by atoms with E-state index in [1.165, 1.54) is 0 Å². The third-order valence-electron chi connectivity index (χ3n) is 3.21. The lowest BCUT2D eigenvalue weighted by Gasteiger charge is -2.02. The van der Waals surface area contributed by atoms with Crippen LogP contribution < -0.4 is 11.2 Å². The molecule has 0 aliphatic heterocycles. The van der Waals surface area contributed by atoms with Gasteiger partial charge in [-0.1, -0.05) is 18.2 Å². The maximum Gasteiger partial charge on any atom is 0.327 e. The number of aromatic nitrogens is 4. The third-order valence-corrected chi connectivity index (χ3v) is 3.21. The quantitative estimate of drug-likeness (QED) is 0.468. The van der Waals surface area contributed by atoms with Crippen molar-refractivity contribution in [2.75, 3.05) is 0 Å². The summed E-state index contributed by atoms with van der Waals surface area (Å²) in [5.74, 6) is 0. The minimum Gasteiger partial charge on any atom is -0.291 e. The van der Waals surface area contributed by atoms with Crippen LogP contribution in [0.15, 0.2) is 46.0 Å². The van der Waals surface area contributed by atoms with Crippen molar-refractivity contribution in [2.24, 2.45) is 0 Å². The fraction of sp³-hybridized carbons (Fsp3) is 0. The second-order valence-corrected chi connectivity index (χ2v) is 4.52. The molecule has 0 saturated heterocycles. The molecule has 3 aromatic heterocycles. The van der Waals surface area contributed by atoms with Crippen molar-refractivity contribution in [3.8, 4) is 0 Å². The van der Waals surface area contributed by atoms with Crippen LogP contribution in [0.1, 0.15) is 0 Å². The van der Waals surface area contributed by atoms with Crippen molar-refractivity contribution in [1.29, 1.82) is 0 Å². The predicted molar refractivity (Wildman–Crippen MR) is 75.8 cm³/mol. The van der Waals surface area contributed by atoms with Crippen LogP contribution in [-0.4, -0.2) is 19.9 Å². The largest absolute Gasteiger partial charge is 0.327 e. The predicted octanol–water partition coefficient (Wildman–Crippen LogP) is 1.31. The number of nitrogens with zero attached hydrogens (tertiary/aromatic N) is 2. The standard InChI is InChI=1S/C14H8N4O2/c19-13-9-6-8-5-7-3-1-2-4-10(7)15-11(8)16-12(9)17-14(20)18-13/h1-6H,(H2,15,16,17,18,19,20). The molecule has 0 saturated carbocycles. The number of benzene rings is 1. The summed E-state index contributed by atoms with van der Waals surface area (Å²) >= 11 is 0. The number of hydrogen-bond acceptors (Lipinski definition) is 4. The van der Waals surface area contributed by atoms with Gasteiger partial charge in [0.2, 0.25) is 0 Å². The van der Waals surface area contributed by atoms with E-state index in [0.717, 1.165) is 16.3 Å². The van der Waals surface area contributed by atoms with Gasteiger partial charge in [0, 0.05) is 10.8 Å². The molecule has 0 aliphatic carbocycles. The summed E-state index contributed by atoms with van der Waals surface area (Å²) in [4.78, 5) is 36.5. The normalized spacial score (nSPS) is 11.4. The third kappa shape index (κ3) is 1.51. The van der Waals surface area contributed by atoms with Gasteiger partial charge in [-0.25, -0.2) is 14.8 Å². The molecule has 0 spiro atoms. The Bertz CT molecular complexity index is 1090. The van der Waals surface area contributed by atoms with E-state index in [9.17, 15) is 9.59 Å². The number of hydrogen-bond donors (Lipinski definition) is 2. The summed E-state index contributed by atoms with van der Waals surface area (Å²) in [5.41, 5.74) is 0.534. The number of aromatic amines is 2. The number of para-hydroxylation sites is 1. The van der Waals surface area contributed by atoms with Crippen LogP contribution in [0.5, 0.6) is 0 Å². The summed E-state index contributed by atoms with van der Waals surface area (Å²) in [6.07, 6.45) is 0. The van der Waals surface area contributed by atoms with E-state index >= 15 is 0 Å². The van der Waals surface area contributed by atoms with E-state index in [2.05, 4.69) is 19.9 Å². The van der Waals surface area contributed by atoms with Gasteiger partial charge in [-0.2, -0.15) is 0 Å². The van der Waals surface area contributed by atoms with E-state index in [4.69, 9.17) is 0 Å². The van der Waals surface area contributed by atoms with Crippen LogP contribution in [0.25, 0.3) is 33.0 Å². The second-order valence-electron chi connectivity index (χ2n) is 4.52. The lowest BCUT2D eigenvalue weighted by molar-refractivity contribution is 1.06. The maximum atomic E-state index is 11.8. The van der Waals surface area contributed by atoms with Crippen LogP contribution in [0, 0.1) is 0 Å². The zero-order chi connectivity index (χ0) is 13.7. The van der Waals surface area contributed by atoms with Gasteiger partial charge < -0.3 is 0 Å². The van der Waals surface area contributed by atoms with Crippen molar-refractivity contribution in [3.05, 3.63) is 57.2 Å². The molecule has 0 radical (unpaired) electrons. The Morgan fingerprint density at radius 2 is 1.75 bits per heavy atom. The highest BCUT2D eigenvalue weighted by molar-refractivity contribution is 5.95. The molecular weight excluding hydrogens is 256 g/mol. The highest BCUT2D eigenvalue weighted by Crippen LogP contribution is 2.19. The highest BCUT2D eigenvalue weighted by Gasteiger charge is 2.06. The number of fused-ring (bicyclic) bond motifs is 3. The lowest BCUT2D eigenvalue weighted by atomic mass is 10.1. The number of rotatable bonds is 0. The van der Waals surface area contributed by atoms with Gasteiger partial charge in [-0.05, 0) is 18.2 Å². The summed E-state index contributed by atoms with van der Waals surface area (Å²) < 4.78 is 0. The van der Waals surface area contributed by atoms with Gasteiger partial charge in [0.05, 0.1) is 10.9 Å². The van der Waals surface area contributed by atoms with E-state index in [0.29, 0.717) is 11.0 Å². The molecule has 6 heteroatoms. The van der Waals surface area contributed by atoms with Gasteiger partial charge in [-0.15, -0.1) is 0 Å². The molecule has 2 N–H and O–H groups in total. The smallest absolute Gasteiger partial charge is 0.291 e. The van der Waals surface area contributed by atoms with Crippen LogP contribution in [0.3, 0.4) is 0 Å². The van der Waals surface area contributed by atoms with Gasteiger partial charge in [0.25, 0.3) is 5.56 Å². The van der Waals surface area contributed by atoms with Crippen LogP contribution in [0.4, 0.5) is 0 Å². The van der Waals surface area contributed by atoms with Crippen LogP contribution in [0.2, 0.25) is 0 Å². The molecule has 0 bridgehead atoms. The molecule has 4 rings (SSSR count). The minimum atomic E-state index is -0.574. The molecule has 0 atom stereocenters. The SMILES string of the molecule is O=c1[nH]c(=O)c2cc3cc4ccccc4nc3nc2[nH]1. The van der Waals surface area contributed by atoms with Crippen molar-refractivity contribution in [2.45, 2.75) is 0 Å². The minimum absolute atomic E-state index is 0.244. The summed E-state index contributed by atoms with van der Waals surface area (Å²) in [5, 5.41) is 2.07. The Labute approximate surface area is 111 Å². The Morgan fingerprint density at radius 1 is 0.900 bits per heavy atom. The first kappa shape index (κ1) is 10.9. The van der Waals surface area contributed by atoms with Crippen molar-refractivity contribution in [1.82, 2.24) is 19.9 Å². The first-order chi connectivity index (χ1) is 9.70. The van der Waals surface area contributed by atoms with Gasteiger partial charge in [0.1, 0.15) is 5.65 Å². The molecule has 6 nitrogen and oxygen atoms in total. The van der Waals surface area contributed by atoms with E-state index in [-0.39, 0.29) is 5.65 Å². The Balaban J connectivity index is 2.24. The number of H-pyrrole nitrogens is 2. The summed E-state index contributed by atoms with van der Waals surface area (Å²) in [6, 6.07) is 11.3. The first-order valence-corrected chi connectivity index (χ1v) is 6.03. The van der Waals surface area contributed by atoms with Gasteiger partial charge in [0.15, 0.2) is 5.65 Å². The Hall–Kier alpha value is -3.02. The Kier molecular flexibility index (Phi) is 2.03. The average Bonchev–Trinajstić information content (AvgIpc) is 2.43. The van der Waals surface area contributed by atoms with Crippen molar-refractivity contribution < 1.29 is 0 Å². The molecule has 4 aromatic rings. The topological polar surface area (TPSA) is 91.5 Å². The first-order valence-electron chi connectivity index (χ1n) is 6.03. The molecule has 1 aromatic carbocycles. The maximum absolute atomic E-state index is 11.8. The molecule has 3 heterocycles. The highest BCUT2D eigenvalue weighted by atomic mass is 16.2. The van der Waals surface area contributed by atoms with E-state index in [1.807, 2.05) is 30.3 Å². The molecule has 0 fully saturated rings. The summed E-state index contributed by atoms with van der Waals surface area (Å²) in [6.45, 7) is 0. The van der Waals surface area contributed by atoms with Crippen LogP contribution >= 0.6 is 0 Å². The van der Waals surface area contributed by atoms with Crippen LogP contribution in [-0.2, 0) is 0 Å². The van der Waals surface area contributed by atoms with Gasteiger partial charge >= 0.3 is 5.69 Å². The second kappa shape index (κ2) is 3.74. The fourth-order valence-corrected chi connectivity index (χ4v) is 2.29. The molecule has 20 heavy (non-hydrogen) atoms. The summed E-state index contributed by atoms with van der Waals surface area (Å²) in [7, 11) is 0. The molecule has 0 aliphatic rings. The zero-order valence-corrected chi connectivity index (χ0v) is 10.2. The molecular formula is C14H8N4O2. The number of nitrogens with one attached hydrogen (secondary N) is 2. The molecule has 0 unspecified atom stereocenters. The molecule has 0 amide bonds. The fourth-order valence-electron chi connectivity index (χ4n) is 2.29. The lowest BCUT2D eigenvalue weighted by Crippen LogP contribution is -2.22.